The van der Waals surface area contributed by atoms with Crippen molar-refractivity contribution < 1.29 is 0 Å². The molecule has 0 bridgehead atoms. The SMILES string of the molecule is CNc1ccncc1.Cl. The highest BCUT2D eigenvalue weighted by Gasteiger charge is 1.78. The average Bonchev–Trinajstić information content (AvgIpc) is 1.90. The standard InChI is InChI=1S/C6H8N2.ClH/c1-7-6-2-4-8-5-3-6;/h2-5H,1H3,(H,7,8);1H. The lowest BCUT2D eigenvalue weighted by molar-refractivity contribution is 1.32. The van der Waals surface area contributed by atoms with Gasteiger partial charge in [-0.05, 0) is 12.1 Å². The zero-order valence-corrected chi connectivity index (χ0v) is 5.98. The van der Waals surface area contributed by atoms with Crippen LogP contribution >= 0.6 is 12.4 Å². The zero-order chi connectivity index (χ0) is 5.82. The van der Waals surface area contributed by atoms with Gasteiger partial charge in [-0.1, -0.05) is 0 Å². The van der Waals surface area contributed by atoms with E-state index in [1.807, 2.05) is 19.2 Å². The first-order chi connectivity index (χ1) is 3.93. The normalized spacial score (nSPS) is 7.67. The lowest BCUT2D eigenvalue weighted by atomic mass is 10.4. The first kappa shape index (κ1) is 8.24. The molecule has 9 heavy (non-hydrogen) atoms. The van der Waals surface area contributed by atoms with E-state index in [1.54, 1.807) is 12.4 Å². The quantitative estimate of drug-likeness (QED) is 0.647. The van der Waals surface area contributed by atoms with Gasteiger partial charge in [0, 0.05) is 25.1 Å². The van der Waals surface area contributed by atoms with Crippen molar-refractivity contribution in [3.8, 4) is 0 Å². The summed E-state index contributed by atoms with van der Waals surface area (Å²) in [4.78, 5) is 3.85. The van der Waals surface area contributed by atoms with Gasteiger partial charge in [-0.25, -0.2) is 0 Å². The Bertz CT molecular complexity index is 152. The van der Waals surface area contributed by atoms with Gasteiger partial charge in [0.15, 0.2) is 0 Å². The number of aromatic nitrogens is 1. The molecule has 1 aromatic heterocycles. The molecule has 0 radical (unpaired) electrons. The molecule has 0 saturated carbocycles. The minimum atomic E-state index is 0. The fraction of sp³-hybridized carbons (Fsp3) is 0.167. The number of hydrogen-bond acceptors (Lipinski definition) is 2. The summed E-state index contributed by atoms with van der Waals surface area (Å²) >= 11 is 0. The molecule has 0 fully saturated rings. The van der Waals surface area contributed by atoms with E-state index >= 15 is 0 Å². The molecular formula is C6H9ClN2. The van der Waals surface area contributed by atoms with Crippen molar-refractivity contribution in [2.45, 2.75) is 0 Å². The minimum Gasteiger partial charge on any atom is -0.388 e. The molecule has 1 rings (SSSR count). The minimum absolute atomic E-state index is 0. The molecule has 0 aliphatic heterocycles. The third-order valence-corrected chi connectivity index (χ3v) is 0.969. The number of rotatable bonds is 1. The van der Waals surface area contributed by atoms with Crippen molar-refractivity contribution >= 4 is 18.1 Å². The second-order valence-electron chi connectivity index (χ2n) is 1.49. The fourth-order valence-corrected chi connectivity index (χ4v) is 0.519. The zero-order valence-electron chi connectivity index (χ0n) is 5.16. The predicted octanol–water partition coefficient (Wildman–Crippen LogP) is 1.55. The molecule has 1 heterocycles. The fourth-order valence-electron chi connectivity index (χ4n) is 0.519. The molecular weight excluding hydrogens is 136 g/mol. The number of pyridine rings is 1. The summed E-state index contributed by atoms with van der Waals surface area (Å²) in [6, 6.07) is 3.83. The van der Waals surface area contributed by atoms with Gasteiger partial charge in [0.25, 0.3) is 0 Å². The van der Waals surface area contributed by atoms with E-state index in [4.69, 9.17) is 0 Å². The van der Waals surface area contributed by atoms with E-state index < -0.39 is 0 Å². The third kappa shape index (κ3) is 2.33. The highest BCUT2D eigenvalue weighted by molar-refractivity contribution is 5.85. The second-order valence-corrected chi connectivity index (χ2v) is 1.49. The first-order valence-electron chi connectivity index (χ1n) is 2.51. The van der Waals surface area contributed by atoms with Gasteiger partial charge in [-0.2, -0.15) is 0 Å². The van der Waals surface area contributed by atoms with Crippen LogP contribution in [0.25, 0.3) is 0 Å². The van der Waals surface area contributed by atoms with E-state index in [-0.39, 0.29) is 12.4 Å². The van der Waals surface area contributed by atoms with Gasteiger partial charge in [-0.15, -0.1) is 12.4 Å². The van der Waals surface area contributed by atoms with Crippen LogP contribution in [-0.4, -0.2) is 12.0 Å². The summed E-state index contributed by atoms with van der Waals surface area (Å²) in [5.41, 5.74) is 1.10. The number of nitrogens with zero attached hydrogens (tertiary/aromatic N) is 1. The Balaban J connectivity index is 0.000000640. The molecule has 0 amide bonds. The van der Waals surface area contributed by atoms with Crippen molar-refractivity contribution in [1.82, 2.24) is 4.98 Å². The van der Waals surface area contributed by atoms with Crippen LogP contribution in [0.5, 0.6) is 0 Å². The maximum absolute atomic E-state index is 3.85. The van der Waals surface area contributed by atoms with Crippen molar-refractivity contribution in [2.75, 3.05) is 12.4 Å². The summed E-state index contributed by atoms with van der Waals surface area (Å²) in [6.45, 7) is 0. The van der Waals surface area contributed by atoms with Gasteiger partial charge < -0.3 is 5.32 Å². The first-order valence-corrected chi connectivity index (χ1v) is 2.51. The smallest absolute Gasteiger partial charge is 0.0368 e. The maximum Gasteiger partial charge on any atom is 0.0368 e. The Kier molecular flexibility index (Phi) is 3.80. The Morgan fingerprint density at radius 1 is 1.33 bits per heavy atom. The summed E-state index contributed by atoms with van der Waals surface area (Å²) in [5, 5.41) is 2.99. The number of halogens is 1. The van der Waals surface area contributed by atoms with Gasteiger partial charge in [0.05, 0.1) is 0 Å². The highest BCUT2D eigenvalue weighted by Crippen LogP contribution is 1.99. The van der Waals surface area contributed by atoms with Crippen molar-refractivity contribution in [3.05, 3.63) is 24.5 Å². The van der Waals surface area contributed by atoms with Crippen LogP contribution in [0.15, 0.2) is 24.5 Å². The summed E-state index contributed by atoms with van der Waals surface area (Å²) < 4.78 is 0. The average molecular weight is 145 g/mol. The monoisotopic (exact) mass is 144 g/mol. The molecule has 0 aliphatic rings. The van der Waals surface area contributed by atoms with Crippen LogP contribution in [0.1, 0.15) is 0 Å². The summed E-state index contributed by atoms with van der Waals surface area (Å²) in [6.07, 6.45) is 3.51. The predicted molar refractivity (Wildman–Crippen MR) is 41.0 cm³/mol. The van der Waals surface area contributed by atoms with E-state index in [2.05, 4.69) is 10.3 Å². The van der Waals surface area contributed by atoms with Crippen molar-refractivity contribution in [3.63, 3.8) is 0 Å². The Labute approximate surface area is 60.7 Å². The topological polar surface area (TPSA) is 24.9 Å². The molecule has 0 spiro atoms. The van der Waals surface area contributed by atoms with Gasteiger partial charge >= 0.3 is 0 Å². The molecule has 0 aliphatic carbocycles. The van der Waals surface area contributed by atoms with Crippen LogP contribution in [-0.2, 0) is 0 Å². The molecule has 0 aromatic carbocycles. The van der Waals surface area contributed by atoms with E-state index in [1.165, 1.54) is 0 Å². The van der Waals surface area contributed by atoms with Gasteiger partial charge in [0.1, 0.15) is 0 Å². The Morgan fingerprint density at radius 2 is 1.89 bits per heavy atom. The number of nitrogens with one attached hydrogen (secondary N) is 1. The summed E-state index contributed by atoms with van der Waals surface area (Å²) in [7, 11) is 1.88. The molecule has 1 N–H and O–H groups in total. The Morgan fingerprint density at radius 3 is 2.22 bits per heavy atom. The molecule has 50 valence electrons. The van der Waals surface area contributed by atoms with E-state index in [9.17, 15) is 0 Å². The van der Waals surface area contributed by atoms with Crippen molar-refractivity contribution in [1.29, 1.82) is 0 Å². The molecule has 3 heteroatoms. The van der Waals surface area contributed by atoms with Gasteiger partial charge in [-0.3, -0.25) is 4.98 Å². The lowest BCUT2D eigenvalue weighted by Gasteiger charge is -1.93. The molecule has 0 atom stereocenters. The van der Waals surface area contributed by atoms with Crippen LogP contribution < -0.4 is 5.32 Å². The van der Waals surface area contributed by atoms with Crippen LogP contribution in [0.3, 0.4) is 0 Å². The second kappa shape index (κ2) is 4.15. The van der Waals surface area contributed by atoms with Crippen molar-refractivity contribution in [2.24, 2.45) is 0 Å². The molecule has 0 unspecified atom stereocenters. The largest absolute Gasteiger partial charge is 0.388 e. The van der Waals surface area contributed by atoms with E-state index in [0.717, 1.165) is 5.69 Å². The van der Waals surface area contributed by atoms with E-state index in [0.29, 0.717) is 0 Å². The highest BCUT2D eigenvalue weighted by atomic mass is 35.5. The third-order valence-electron chi connectivity index (χ3n) is 0.969. The number of hydrogen-bond donors (Lipinski definition) is 1. The van der Waals surface area contributed by atoms with Gasteiger partial charge in [0.2, 0.25) is 0 Å². The number of anilines is 1. The maximum atomic E-state index is 3.85. The van der Waals surface area contributed by atoms with Crippen LogP contribution in [0.2, 0.25) is 0 Å². The lowest BCUT2D eigenvalue weighted by Crippen LogP contribution is -1.85. The summed E-state index contributed by atoms with van der Waals surface area (Å²) in [5.74, 6) is 0. The van der Waals surface area contributed by atoms with Crippen LogP contribution in [0.4, 0.5) is 5.69 Å². The Hall–Kier alpha value is -0.760. The molecule has 1 aromatic rings. The molecule has 0 saturated heterocycles. The molecule has 2 nitrogen and oxygen atoms in total. The van der Waals surface area contributed by atoms with Crippen LogP contribution in [0, 0.1) is 0 Å².